The number of benzene rings is 1. The largest absolute Gasteiger partial charge is 0.397 e. The van der Waals surface area contributed by atoms with Crippen LogP contribution in [0.25, 0.3) is 0 Å². The van der Waals surface area contributed by atoms with Crippen LogP contribution in [-0.2, 0) is 19.7 Å². The normalized spacial score (nSPS) is 12.6. The van der Waals surface area contributed by atoms with Crippen LogP contribution in [0.15, 0.2) is 23.1 Å². The summed E-state index contributed by atoms with van der Waals surface area (Å²) in [7, 11) is -6.96. The fourth-order valence-corrected chi connectivity index (χ4v) is 4.39. The van der Waals surface area contributed by atoms with Gasteiger partial charge in [-0.2, -0.15) is 0 Å². The van der Waals surface area contributed by atoms with Crippen molar-refractivity contribution in [2.75, 3.05) is 23.5 Å². The van der Waals surface area contributed by atoms with Crippen LogP contribution in [0.3, 0.4) is 0 Å². The number of nitrogens with two attached hydrogens (primary N) is 1. The van der Waals surface area contributed by atoms with Gasteiger partial charge in [-0.1, -0.05) is 12.1 Å². The summed E-state index contributed by atoms with van der Waals surface area (Å²) in [5.74, 6) is -0.845. The molecule has 0 aromatic heterocycles. The predicted octanol–water partition coefficient (Wildman–Crippen LogP) is 0.396. The van der Waals surface area contributed by atoms with E-state index < -0.39 is 31.2 Å². The second-order valence-corrected chi connectivity index (χ2v) is 8.27. The first-order valence-corrected chi connectivity index (χ1v) is 8.60. The maximum absolute atomic E-state index is 11.9. The Morgan fingerprint density at radius 2 is 1.71 bits per heavy atom. The first-order chi connectivity index (χ1) is 7.63. The lowest BCUT2D eigenvalue weighted by molar-refractivity contribution is 0.590. The highest BCUT2D eigenvalue weighted by molar-refractivity contribution is 7.94. The topological polar surface area (TPSA) is 94.3 Å². The fraction of sp³-hybridized carbons (Fsp3) is 0.400. The van der Waals surface area contributed by atoms with E-state index in [4.69, 9.17) is 5.73 Å². The fourth-order valence-electron chi connectivity index (χ4n) is 1.30. The third-order valence-corrected chi connectivity index (χ3v) is 5.31. The van der Waals surface area contributed by atoms with Crippen LogP contribution in [0.2, 0.25) is 0 Å². The first-order valence-electron chi connectivity index (χ1n) is 4.89. The second kappa shape index (κ2) is 4.66. The van der Waals surface area contributed by atoms with E-state index in [1.54, 1.807) is 19.1 Å². The number of hydrogen-bond acceptors (Lipinski definition) is 5. The lowest BCUT2D eigenvalue weighted by Crippen LogP contribution is -2.17. The van der Waals surface area contributed by atoms with Crippen molar-refractivity contribution in [1.82, 2.24) is 0 Å². The Bertz CT molecular complexity index is 618. The monoisotopic (exact) mass is 277 g/mol. The van der Waals surface area contributed by atoms with Crippen molar-refractivity contribution in [3.05, 3.63) is 23.8 Å². The Kier molecular flexibility index (Phi) is 3.83. The van der Waals surface area contributed by atoms with Crippen molar-refractivity contribution in [1.29, 1.82) is 0 Å². The van der Waals surface area contributed by atoms with Gasteiger partial charge < -0.3 is 5.73 Å². The van der Waals surface area contributed by atoms with Gasteiger partial charge in [0, 0.05) is 6.26 Å². The SMILES string of the molecule is Cc1cccc(S(=O)(=O)CCS(C)(=O)=O)c1N. The van der Waals surface area contributed by atoms with E-state index in [0.717, 1.165) is 6.26 Å². The van der Waals surface area contributed by atoms with Gasteiger partial charge in [-0.25, -0.2) is 16.8 Å². The number of nitrogen functional groups attached to an aromatic ring is 1. The zero-order valence-corrected chi connectivity index (χ0v) is 11.3. The summed E-state index contributed by atoms with van der Waals surface area (Å²) in [6.45, 7) is 1.70. The minimum atomic E-state index is -3.65. The molecule has 0 saturated carbocycles. The predicted molar refractivity (Wildman–Crippen MR) is 67.4 cm³/mol. The minimum Gasteiger partial charge on any atom is -0.397 e. The van der Waals surface area contributed by atoms with Crippen LogP contribution in [0.4, 0.5) is 5.69 Å². The van der Waals surface area contributed by atoms with Crippen molar-refractivity contribution >= 4 is 25.4 Å². The maximum Gasteiger partial charge on any atom is 0.181 e. The molecule has 0 amide bonds. The Labute approximate surface area is 101 Å². The van der Waals surface area contributed by atoms with Crippen molar-refractivity contribution in [2.45, 2.75) is 11.8 Å². The minimum absolute atomic E-state index is 0.00106. The Morgan fingerprint density at radius 1 is 1.12 bits per heavy atom. The summed E-state index contributed by atoms with van der Waals surface area (Å²) >= 11 is 0. The lowest BCUT2D eigenvalue weighted by Gasteiger charge is -2.08. The summed E-state index contributed by atoms with van der Waals surface area (Å²) < 4.78 is 45.7. The van der Waals surface area contributed by atoms with E-state index >= 15 is 0 Å². The molecule has 0 atom stereocenters. The molecule has 0 heterocycles. The molecule has 1 aromatic carbocycles. The van der Waals surface area contributed by atoms with Crippen molar-refractivity contribution in [3.8, 4) is 0 Å². The van der Waals surface area contributed by atoms with Gasteiger partial charge in [-0.15, -0.1) is 0 Å². The molecule has 17 heavy (non-hydrogen) atoms. The number of hydrogen-bond donors (Lipinski definition) is 1. The third kappa shape index (κ3) is 3.71. The van der Waals surface area contributed by atoms with Crippen LogP contribution >= 0.6 is 0 Å². The molecule has 1 aromatic rings. The van der Waals surface area contributed by atoms with Gasteiger partial charge in [0.25, 0.3) is 0 Å². The number of anilines is 1. The summed E-state index contributed by atoms with van der Waals surface area (Å²) in [6.07, 6.45) is 1.00. The van der Waals surface area contributed by atoms with Crippen LogP contribution in [0.1, 0.15) is 5.56 Å². The van der Waals surface area contributed by atoms with E-state index in [9.17, 15) is 16.8 Å². The molecular weight excluding hydrogens is 262 g/mol. The molecule has 0 radical (unpaired) electrons. The summed E-state index contributed by atoms with van der Waals surface area (Å²) in [5, 5.41) is 0. The van der Waals surface area contributed by atoms with Crippen LogP contribution in [-0.4, -0.2) is 34.6 Å². The number of sulfone groups is 2. The number of para-hydroxylation sites is 1. The highest BCUT2D eigenvalue weighted by Crippen LogP contribution is 2.22. The molecule has 1 rings (SSSR count). The van der Waals surface area contributed by atoms with E-state index in [0.29, 0.717) is 5.56 Å². The first kappa shape index (κ1) is 14.0. The van der Waals surface area contributed by atoms with Crippen molar-refractivity contribution in [3.63, 3.8) is 0 Å². The molecule has 0 aliphatic carbocycles. The third-order valence-electron chi connectivity index (χ3n) is 2.34. The van der Waals surface area contributed by atoms with Gasteiger partial charge in [0.05, 0.1) is 22.1 Å². The van der Waals surface area contributed by atoms with Gasteiger partial charge in [-0.3, -0.25) is 0 Å². The molecule has 0 saturated heterocycles. The lowest BCUT2D eigenvalue weighted by atomic mass is 10.2. The van der Waals surface area contributed by atoms with Crippen molar-refractivity contribution in [2.24, 2.45) is 0 Å². The Hall–Kier alpha value is -1.08. The molecule has 2 N–H and O–H groups in total. The van der Waals surface area contributed by atoms with Crippen LogP contribution in [0, 0.1) is 6.92 Å². The molecular formula is C10H15NO4S2. The molecule has 96 valence electrons. The highest BCUT2D eigenvalue weighted by atomic mass is 32.2. The smallest absolute Gasteiger partial charge is 0.181 e. The molecule has 0 unspecified atom stereocenters. The number of rotatable bonds is 4. The van der Waals surface area contributed by atoms with Gasteiger partial charge in [0.2, 0.25) is 0 Å². The van der Waals surface area contributed by atoms with E-state index in [-0.39, 0.29) is 10.6 Å². The zero-order valence-electron chi connectivity index (χ0n) is 9.67. The Balaban J connectivity index is 3.11. The number of aryl methyl sites for hydroxylation is 1. The quantitative estimate of drug-likeness (QED) is 0.804. The highest BCUT2D eigenvalue weighted by Gasteiger charge is 2.20. The standard InChI is InChI=1S/C10H15NO4S2/c1-8-4-3-5-9(10(8)11)17(14,15)7-6-16(2,12)13/h3-5H,6-7,11H2,1-2H3. The van der Waals surface area contributed by atoms with Gasteiger partial charge in [0.15, 0.2) is 9.84 Å². The van der Waals surface area contributed by atoms with E-state index in [2.05, 4.69) is 0 Å². The van der Waals surface area contributed by atoms with Gasteiger partial charge in [0.1, 0.15) is 9.84 Å². The molecule has 0 fully saturated rings. The van der Waals surface area contributed by atoms with Crippen molar-refractivity contribution < 1.29 is 16.8 Å². The summed E-state index contributed by atoms with van der Waals surface area (Å²) in [4.78, 5) is 0.00106. The molecule has 0 aliphatic rings. The molecule has 0 spiro atoms. The van der Waals surface area contributed by atoms with Gasteiger partial charge >= 0.3 is 0 Å². The van der Waals surface area contributed by atoms with Crippen LogP contribution < -0.4 is 5.73 Å². The molecule has 0 aliphatic heterocycles. The Morgan fingerprint density at radius 3 is 2.24 bits per heavy atom. The molecule has 5 nitrogen and oxygen atoms in total. The summed E-state index contributed by atoms with van der Waals surface area (Å²) in [5.41, 5.74) is 6.52. The van der Waals surface area contributed by atoms with E-state index in [1.807, 2.05) is 0 Å². The van der Waals surface area contributed by atoms with Crippen LogP contribution in [0.5, 0.6) is 0 Å². The maximum atomic E-state index is 11.9. The summed E-state index contributed by atoms with van der Waals surface area (Å²) in [6, 6.07) is 4.67. The second-order valence-electron chi connectivity index (χ2n) is 3.94. The van der Waals surface area contributed by atoms with E-state index in [1.165, 1.54) is 6.07 Å². The average Bonchev–Trinajstić information content (AvgIpc) is 2.18. The molecule has 7 heteroatoms. The zero-order chi connectivity index (χ0) is 13.3. The molecule has 0 bridgehead atoms. The van der Waals surface area contributed by atoms with Gasteiger partial charge in [-0.05, 0) is 18.6 Å². The average molecular weight is 277 g/mol.